The van der Waals surface area contributed by atoms with Gasteiger partial charge in [-0.1, -0.05) is 58.9 Å². The van der Waals surface area contributed by atoms with Gasteiger partial charge in [-0.25, -0.2) is 0 Å². The zero-order valence-electron chi connectivity index (χ0n) is 38.0. The number of esters is 3. The molecule has 0 aliphatic carbocycles. The smallest absolute Gasteiger partial charge is 0.313 e. The first-order valence-electron chi connectivity index (χ1n) is 21.6. The zero-order chi connectivity index (χ0) is 43.7. The number of benzene rings is 2. The van der Waals surface area contributed by atoms with Crippen LogP contribution < -0.4 is 4.74 Å². The van der Waals surface area contributed by atoms with Crippen LogP contribution in [0.15, 0.2) is 48.5 Å². The Morgan fingerprint density at radius 2 is 1.07 bits per heavy atom. The maximum Gasteiger partial charge on any atom is 0.313 e. The van der Waals surface area contributed by atoms with Gasteiger partial charge in [0, 0.05) is 19.3 Å². The third-order valence-electron chi connectivity index (χ3n) is 11.9. The minimum atomic E-state index is -0.494. The quantitative estimate of drug-likeness (QED) is 0.137. The molecule has 2 aliphatic rings. The molecule has 0 aromatic heterocycles. The van der Waals surface area contributed by atoms with Crippen LogP contribution in [-0.2, 0) is 38.1 Å². The lowest BCUT2D eigenvalue weighted by molar-refractivity contribution is -0.229. The van der Waals surface area contributed by atoms with Crippen LogP contribution in [0.1, 0.15) is 177 Å². The molecule has 1 N–H and O–H groups in total. The van der Waals surface area contributed by atoms with E-state index in [0.717, 1.165) is 81.9 Å². The van der Waals surface area contributed by atoms with Crippen molar-refractivity contribution in [3.8, 4) is 11.5 Å². The minimum Gasteiger partial charge on any atom is -0.508 e. The topological polar surface area (TPSA) is 127 Å². The number of ether oxygens (including phenoxy) is 6. The molecule has 2 saturated heterocycles. The van der Waals surface area contributed by atoms with Gasteiger partial charge in [-0.3, -0.25) is 14.4 Å². The van der Waals surface area contributed by atoms with Crippen LogP contribution in [-0.4, -0.2) is 54.9 Å². The normalized spacial score (nSPS) is 20.8. The van der Waals surface area contributed by atoms with E-state index in [9.17, 15) is 14.4 Å². The van der Waals surface area contributed by atoms with Crippen molar-refractivity contribution in [1.29, 1.82) is 0 Å². The van der Waals surface area contributed by atoms with Crippen LogP contribution in [0, 0.1) is 16.2 Å². The monoisotopic (exact) mass is 813 g/mol. The lowest BCUT2D eigenvalue weighted by Crippen LogP contribution is -2.40. The maximum absolute atomic E-state index is 12.3. The summed E-state index contributed by atoms with van der Waals surface area (Å²) in [5.74, 6) is 1.17. The summed E-state index contributed by atoms with van der Waals surface area (Å²) in [6, 6.07) is 15.0. The summed E-state index contributed by atoms with van der Waals surface area (Å²) in [6.07, 6.45) is 8.16. The second-order valence-corrected chi connectivity index (χ2v) is 17.7. The summed E-state index contributed by atoms with van der Waals surface area (Å²) < 4.78 is 33.9. The molecular weight excluding hydrogens is 737 g/mol. The molecule has 2 aromatic carbocycles. The highest BCUT2D eigenvalue weighted by atomic mass is 16.7. The molecule has 2 aromatic rings. The molecule has 2 fully saturated rings. The maximum atomic E-state index is 12.3. The molecule has 6 unspecified atom stereocenters. The number of methoxy groups -OCH3 is 1. The fourth-order valence-corrected chi connectivity index (χ4v) is 5.83. The third kappa shape index (κ3) is 16.6. The van der Waals surface area contributed by atoms with Crippen molar-refractivity contribution >= 4 is 17.9 Å². The first kappa shape index (κ1) is 50.5. The van der Waals surface area contributed by atoms with Crippen LogP contribution in [0.2, 0.25) is 0 Å². The predicted octanol–water partition coefficient (Wildman–Crippen LogP) is 11.8. The van der Waals surface area contributed by atoms with Crippen molar-refractivity contribution in [1.82, 2.24) is 0 Å². The lowest BCUT2D eigenvalue weighted by atomic mass is 9.90. The largest absolute Gasteiger partial charge is 0.508 e. The number of hydrogen-bond acceptors (Lipinski definition) is 10. The number of phenols is 1. The molecule has 0 amide bonds. The molecule has 6 atom stereocenters. The summed E-state index contributed by atoms with van der Waals surface area (Å²) in [5, 5.41) is 9.01. The second kappa shape index (κ2) is 23.8. The van der Waals surface area contributed by atoms with Gasteiger partial charge in [-0.15, -0.1) is 0 Å². The first-order valence-corrected chi connectivity index (χ1v) is 21.6. The number of phenolic OH excluding ortho intramolecular Hbond substituents is 1. The molecule has 328 valence electrons. The van der Waals surface area contributed by atoms with E-state index in [1.807, 2.05) is 106 Å². The Morgan fingerprint density at radius 1 is 0.655 bits per heavy atom. The summed E-state index contributed by atoms with van der Waals surface area (Å²) >= 11 is 0. The van der Waals surface area contributed by atoms with E-state index >= 15 is 0 Å². The van der Waals surface area contributed by atoms with Crippen LogP contribution in [0.5, 0.6) is 11.5 Å². The van der Waals surface area contributed by atoms with Gasteiger partial charge in [-0.05, 0) is 141 Å². The van der Waals surface area contributed by atoms with E-state index in [2.05, 4.69) is 13.8 Å². The van der Waals surface area contributed by atoms with Gasteiger partial charge in [0.15, 0.2) is 0 Å². The van der Waals surface area contributed by atoms with Crippen molar-refractivity contribution in [2.24, 2.45) is 16.2 Å². The number of carbonyl (C=O) groups excluding carboxylic acids is 3. The van der Waals surface area contributed by atoms with E-state index < -0.39 is 28.8 Å². The Bertz CT molecular complexity index is 1470. The van der Waals surface area contributed by atoms with Crippen LogP contribution in [0.25, 0.3) is 0 Å². The zero-order valence-corrected chi connectivity index (χ0v) is 38.0. The minimum absolute atomic E-state index is 0.00202. The molecule has 0 saturated carbocycles. The summed E-state index contributed by atoms with van der Waals surface area (Å²) in [5.41, 5.74) is 0.848. The van der Waals surface area contributed by atoms with Gasteiger partial charge < -0.3 is 33.5 Å². The highest BCUT2D eigenvalue weighted by molar-refractivity contribution is 5.76. The van der Waals surface area contributed by atoms with Gasteiger partial charge in [0.25, 0.3) is 0 Å². The fraction of sp³-hybridized carbons (Fsp3) is 0.688. The van der Waals surface area contributed by atoms with E-state index in [-0.39, 0.29) is 36.2 Å². The van der Waals surface area contributed by atoms with Gasteiger partial charge in [0.05, 0.1) is 35.6 Å². The predicted molar refractivity (Wildman–Crippen MR) is 228 cm³/mol. The average molecular weight is 813 g/mol. The van der Waals surface area contributed by atoms with Crippen molar-refractivity contribution in [2.75, 3.05) is 7.11 Å². The highest BCUT2D eigenvalue weighted by Gasteiger charge is 2.36. The second-order valence-electron chi connectivity index (χ2n) is 17.7. The van der Waals surface area contributed by atoms with Gasteiger partial charge in [0.1, 0.15) is 17.6 Å². The Hall–Kier alpha value is -3.63. The molecule has 58 heavy (non-hydrogen) atoms. The number of carbonyl (C=O) groups is 3. The van der Waals surface area contributed by atoms with Crippen molar-refractivity contribution in [2.45, 2.75) is 191 Å². The first-order chi connectivity index (χ1) is 27.2. The third-order valence-corrected chi connectivity index (χ3v) is 11.9. The number of hydrogen-bond donors (Lipinski definition) is 1. The number of aromatic hydroxyl groups is 1. The van der Waals surface area contributed by atoms with Crippen molar-refractivity contribution in [3.63, 3.8) is 0 Å². The Labute approximate surface area is 350 Å². The van der Waals surface area contributed by atoms with Crippen molar-refractivity contribution in [3.05, 3.63) is 59.7 Å². The fourth-order valence-electron chi connectivity index (χ4n) is 5.83. The summed E-state index contributed by atoms with van der Waals surface area (Å²) in [6.45, 7) is 23.6. The Morgan fingerprint density at radius 3 is 1.47 bits per heavy atom. The van der Waals surface area contributed by atoms with E-state index in [1.54, 1.807) is 19.2 Å². The van der Waals surface area contributed by atoms with E-state index in [0.29, 0.717) is 11.7 Å². The van der Waals surface area contributed by atoms with Crippen LogP contribution >= 0.6 is 0 Å². The van der Waals surface area contributed by atoms with Crippen LogP contribution in [0.4, 0.5) is 0 Å². The molecule has 4 rings (SSSR count). The van der Waals surface area contributed by atoms with Crippen molar-refractivity contribution < 1.29 is 47.9 Å². The average Bonchev–Trinajstić information content (AvgIpc) is 3.21. The van der Waals surface area contributed by atoms with Gasteiger partial charge in [0.2, 0.25) is 12.6 Å². The molecule has 0 radical (unpaired) electrons. The summed E-state index contributed by atoms with van der Waals surface area (Å²) in [4.78, 5) is 36.6. The molecule has 10 heteroatoms. The Balaban J connectivity index is 0.000000338. The summed E-state index contributed by atoms with van der Waals surface area (Å²) in [7, 11) is 1.63. The van der Waals surface area contributed by atoms with Gasteiger partial charge in [-0.2, -0.15) is 0 Å². The van der Waals surface area contributed by atoms with Crippen LogP contribution in [0.3, 0.4) is 0 Å². The van der Waals surface area contributed by atoms with Gasteiger partial charge >= 0.3 is 17.9 Å². The highest BCUT2D eigenvalue weighted by Crippen LogP contribution is 2.32. The molecule has 0 bridgehead atoms. The number of rotatable bonds is 15. The lowest BCUT2D eigenvalue weighted by Gasteiger charge is -2.36. The molecule has 0 spiro atoms. The van der Waals surface area contributed by atoms with E-state index in [4.69, 9.17) is 33.5 Å². The Kier molecular flexibility index (Phi) is 20.8. The molecule has 2 aliphatic heterocycles. The van der Waals surface area contributed by atoms with E-state index in [1.165, 1.54) is 5.56 Å². The standard InChI is InChI=1S/C23H40O6.C15H22O3.C10H14O/c1-7-22(3,4)20(24)28-18-13-9-11-16(26-18)15-17-12-10-14-19(27-17)29-21(25)23(5,6)8-2;1-6-15(3,4)14(16)18-11(2)12-7-9-13(17-5)10-8-12;1-3-8(2)9-4-6-10(11)7-5-9/h16-19H,7-15H2,1-6H3;7-11H,6H2,1-5H3;4-8,11H,3H2,1-2H3. The SMILES string of the molecule is CCC(C)(C)C(=O)OC(C)c1ccc(OC)cc1.CCC(C)(C)C(=O)OC1CCCC(CC2CCCC(OC(=O)C(C)(C)CC)O2)O1.CCC(C)c1ccc(O)cc1. The molecular formula is C48H76O10. The molecule has 2 heterocycles. The molecule has 10 nitrogen and oxygen atoms in total.